The van der Waals surface area contributed by atoms with Crippen molar-refractivity contribution < 1.29 is 4.79 Å². The van der Waals surface area contributed by atoms with Crippen LogP contribution in [0.1, 0.15) is 20.8 Å². The second-order valence-electron chi connectivity index (χ2n) is 3.17. The van der Waals surface area contributed by atoms with Crippen LogP contribution < -0.4 is 0 Å². The van der Waals surface area contributed by atoms with Crippen LogP contribution in [0.3, 0.4) is 0 Å². The number of rotatable bonds is 1. The van der Waals surface area contributed by atoms with Crippen molar-refractivity contribution in [3.63, 3.8) is 0 Å². The monoisotopic (exact) mass is 174 g/mol. The first-order valence-electron chi connectivity index (χ1n) is 3.23. The maximum Gasteiger partial charge on any atom is 0.317 e. The Labute approximate surface area is 71.5 Å². The van der Waals surface area contributed by atoms with E-state index in [2.05, 4.69) is 0 Å². The van der Waals surface area contributed by atoms with Crippen molar-refractivity contribution >= 4 is 17.0 Å². The van der Waals surface area contributed by atoms with Gasteiger partial charge in [-0.2, -0.15) is 5.26 Å². The fourth-order valence-corrected chi connectivity index (χ4v) is 0.947. The summed E-state index contributed by atoms with van der Waals surface area (Å²) >= 11 is 5.24. The van der Waals surface area contributed by atoms with Crippen LogP contribution in [-0.4, -0.2) is 22.3 Å². The maximum atomic E-state index is 10.7. The highest BCUT2D eigenvalue weighted by atomic mass is 35.5. The number of nitriles is 1. The minimum absolute atomic E-state index is 0.0336. The molecule has 3 nitrogen and oxygen atoms in total. The van der Waals surface area contributed by atoms with Crippen LogP contribution in [0.5, 0.6) is 0 Å². The van der Waals surface area contributed by atoms with Crippen LogP contribution in [0.25, 0.3) is 0 Å². The first kappa shape index (κ1) is 10.2. The third-order valence-corrected chi connectivity index (χ3v) is 1.45. The summed E-state index contributed by atoms with van der Waals surface area (Å²) < 4.78 is 0. The molecular formula is C7H11ClN2O. The van der Waals surface area contributed by atoms with Crippen molar-refractivity contribution in [2.24, 2.45) is 0 Å². The molecular weight excluding hydrogens is 164 g/mol. The summed E-state index contributed by atoms with van der Waals surface area (Å²) in [4.78, 5) is 12.0. The van der Waals surface area contributed by atoms with Gasteiger partial charge in [0.15, 0.2) is 0 Å². The molecule has 0 rings (SSSR count). The van der Waals surface area contributed by atoms with Gasteiger partial charge in [-0.1, -0.05) is 0 Å². The lowest BCUT2D eigenvalue weighted by atomic mass is 10.1. The van der Waals surface area contributed by atoms with Gasteiger partial charge in [0.25, 0.3) is 0 Å². The highest BCUT2D eigenvalue weighted by Gasteiger charge is 2.24. The second-order valence-corrected chi connectivity index (χ2v) is 3.49. The lowest BCUT2D eigenvalue weighted by molar-refractivity contribution is 0.178. The van der Waals surface area contributed by atoms with Crippen molar-refractivity contribution in [1.82, 2.24) is 4.90 Å². The first-order valence-corrected chi connectivity index (χ1v) is 3.61. The predicted octanol–water partition coefficient (Wildman–Crippen LogP) is 1.97. The lowest BCUT2D eigenvalue weighted by Crippen LogP contribution is -2.43. The highest BCUT2D eigenvalue weighted by molar-refractivity contribution is 6.62. The van der Waals surface area contributed by atoms with E-state index in [0.717, 1.165) is 0 Å². The Morgan fingerprint density at radius 1 is 1.64 bits per heavy atom. The fraction of sp³-hybridized carbons (Fsp3) is 0.714. The number of hydrogen-bond acceptors (Lipinski definition) is 2. The molecule has 0 aromatic rings. The lowest BCUT2D eigenvalue weighted by Gasteiger charge is -2.31. The molecule has 0 unspecified atom stereocenters. The molecule has 0 fully saturated rings. The number of hydrogen-bond donors (Lipinski definition) is 0. The first-order chi connectivity index (χ1) is 4.89. The average Bonchev–Trinajstić information content (AvgIpc) is 1.79. The van der Waals surface area contributed by atoms with Crippen LogP contribution in [0.15, 0.2) is 0 Å². The van der Waals surface area contributed by atoms with Gasteiger partial charge < -0.3 is 4.90 Å². The molecule has 0 aliphatic rings. The number of amides is 1. The van der Waals surface area contributed by atoms with Gasteiger partial charge in [0.1, 0.15) is 6.54 Å². The molecule has 0 atom stereocenters. The van der Waals surface area contributed by atoms with Gasteiger partial charge in [-0.15, -0.1) is 0 Å². The van der Waals surface area contributed by atoms with Gasteiger partial charge in [-0.25, -0.2) is 0 Å². The molecule has 1 amide bonds. The molecule has 0 saturated heterocycles. The topological polar surface area (TPSA) is 44.1 Å². The largest absolute Gasteiger partial charge is 0.317 e. The third kappa shape index (κ3) is 3.24. The summed E-state index contributed by atoms with van der Waals surface area (Å²) in [6.07, 6.45) is 0. The van der Waals surface area contributed by atoms with E-state index < -0.39 is 5.37 Å². The van der Waals surface area contributed by atoms with Crippen molar-refractivity contribution in [3.8, 4) is 6.07 Å². The van der Waals surface area contributed by atoms with Gasteiger partial charge in [0, 0.05) is 5.54 Å². The van der Waals surface area contributed by atoms with E-state index in [9.17, 15) is 4.79 Å². The van der Waals surface area contributed by atoms with Crippen LogP contribution >= 0.6 is 11.6 Å². The van der Waals surface area contributed by atoms with Crippen LogP contribution in [0, 0.1) is 11.3 Å². The van der Waals surface area contributed by atoms with E-state index in [0.29, 0.717) is 0 Å². The second kappa shape index (κ2) is 3.59. The Hall–Kier alpha value is -0.750. The van der Waals surface area contributed by atoms with Crippen molar-refractivity contribution in [3.05, 3.63) is 0 Å². The molecule has 4 heteroatoms. The number of carbonyl (C=O) groups excluding carboxylic acids is 1. The minimum Gasteiger partial charge on any atom is -0.311 e. The molecule has 0 spiro atoms. The van der Waals surface area contributed by atoms with E-state index >= 15 is 0 Å². The zero-order chi connectivity index (χ0) is 9.07. The van der Waals surface area contributed by atoms with E-state index in [4.69, 9.17) is 16.9 Å². The van der Waals surface area contributed by atoms with Gasteiger partial charge in [-0.05, 0) is 32.4 Å². The molecule has 0 N–H and O–H groups in total. The van der Waals surface area contributed by atoms with E-state index in [1.807, 2.05) is 26.8 Å². The molecule has 0 aliphatic heterocycles. The van der Waals surface area contributed by atoms with Crippen molar-refractivity contribution in [1.29, 1.82) is 5.26 Å². The summed E-state index contributed by atoms with van der Waals surface area (Å²) in [6.45, 7) is 5.51. The zero-order valence-electron chi connectivity index (χ0n) is 6.89. The Balaban J connectivity index is 4.38. The summed E-state index contributed by atoms with van der Waals surface area (Å²) in [5.41, 5.74) is -0.380. The van der Waals surface area contributed by atoms with E-state index in [1.165, 1.54) is 4.90 Å². The Morgan fingerprint density at radius 3 is 2.18 bits per heavy atom. The number of nitrogens with zero attached hydrogens (tertiary/aromatic N) is 2. The van der Waals surface area contributed by atoms with Gasteiger partial charge in [-0.3, -0.25) is 4.79 Å². The molecule has 0 radical (unpaired) electrons. The van der Waals surface area contributed by atoms with Crippen LogP contribution in [0.2, 0.25) is 0 Å². The van der Waals surface area contributed by atoms with Gasteiger partial charge in [0.05, 0.1) is 6.07 Å². The maximum absolute atomic E-state index is 10.7. The van der Waals surface area contributed by atoms with Crippen molar-refractivity contribution in [2.75, 3.05) is 6.54 Å². The summed E-state index contributed by atoms with van der Waals surface area (Å²) in [5, 5.41) is 7.76. The van der Waals surface area contributed by atoms with Gasteiger partial charge in [0.2, 0.25) is 0 Å². The molecule has 62 valence electrons. The zero-order valence-corrected chi connectivity index (χ0v) is 7.64. The predicted molar refractivity (Wildman–Crippen MR) is 43.3 cm³/mol. The summed E-state index contributed by atoms with van der Waals surface area (Å²) in [6, 6.07) is 1.88. The quantitative estimate of drug-likeness (QED) is 0.347. The summed E-state index contributed by atoms with van der Waals surface area (Å²) in [5.74, 6) is 0. The molecule has 0 aliphatic carbocycles. The fourth-order valence-electron chi connectivity index (χ4n) is 0.634. The average molecular weight is 175 g/mol. The molecule has 0 bridgehead atoms. The SMILES string of the molecule is CC(C)(C)N(CC#N)C(=O)Cl. The third-order valence-electron chi connectivity index (χ3n) is 1.25. The summed E-state index contributed by atoms with van der Waals surface area (Å²) in [7, 11) is 0. The molecule has 0 aromatic heterocycles. The van der Waals surface area contributed by atoms with E-state index in [-0.39, 0.29) is 12.1 Å². The van der Waals surface area contributed by atoms with Gasteiger partial charge >= 0.3 is 5.37 Å². The standard InChI is InChI=1S/C7H11ClN2O/c1-7(2,3)10(5-4-9)6(8)11/h5H2,1-3H3. The Kier molecular flexibility index (Phi) is 3.34. The van der Waals surface area contributed by atoms with Crippen molar-refractivity contribution in [2.45, 2.75) is 26.3 Å². The molecule has 0 saturated carbocycles. The molecule has 0 aromatic carbocycles. The van der Waals surface area contributed by atoms with E-state index in [1.54, 1.807) is 0 Å². The smallest absolute Gasteiger partial charge is 0.311 e. The normalized spacial score (nSPS) is 10.5. The molecule has 0 heterocycles. The molecule has 11 heavy (non-hydrogen) atoms. The Morgan fingerprint density at radius 2 is 2.09 bits per heavy atom. The Bertz CT molecular complexity index is 190. The van der Waals surface area contributed by atoms with Crippen LogP contribution in [-0.2, 0) is 0 Å². The highest BCUT2D eigenvalue weighted by Crippen LogP contribution is 2.14. The number of carbonyl (C=O) groups is 1. The van der Waals surface area contributed by atoms with Crippen LogP contribution in [0.4, 0.5) is 4.79 Å². The minimum atomic E-state index is -0.584. The number of halogens is 1.